The Morgan fingerprint density at radius 1 is 1.38 bits per heavy atom. The van der Waals surface area contributed by atoms with Crippen molar-refractivity contribution in [1.82, 2.24) is 4.90 Å². The van der Waals surface area contributed by atoms with Crippen molar-refractivity contribution in [3.05, 3.63) is 28.8 Å². The maximum Gasteiger partial charge on any atom is 0.342 e. The monoisotopic (exact) mass is 350 g/mol. The van der Waals surface area contributed by atoms with E-state index in [2.05, 4.69) is 6.07 Å². The number of carbonyl (C=O) groups excluding carboxylic acids is 2. The minimum Gasteiger partial charge on any atom is -0.507 e. The summed E-state index contributed by atoms with van der Waals surface area (Å²) in [6.07, 6.45) is 4.07. The average molecular weight is 351 g/mol. The summed E-state index contributed by atoms with van der Waals surface area (Å²) in [6.45, 7) is -0.495. The number of benzene rings is 1. The molecule has 1 amide bonds. The number of esters is 1. The van der Waals surface area contributed by atoms with Gasteiger partial charge in [0.2, 0.25) is 0 Å². The highest BCUT2D eigenvalue weighted by Gasteiger charge is 2.39. The topological polar surface area (TPSA) is 90.6 Å². The van der Waals surface area contributed by atoms with Crippen LogP contribution in [0.15, 0.2) is 18.2 Å². The second kappa shape index (κ2) is 7.54. The Hall–Kier alpha value is -2.26. The summed E-state index contributed by atoms with van der Waals surface area (Å²) in [5, 5.41) is 19.4. The number of phenolic OH excluding ortho intramolecular Hbond substituents is 1. The van der Waals surface area contributed by atoms with Gasteiger partial charge in [0.25, 0.3) is 5.91 Å². The van der Waals surface area contributed by atoms with Gasteiger partial charge >= 0.3 is 5.97 Å². The number of phenols is 1. The first-order valence-electron chi connectivity index (χ1n) is 7.73. The first-order chi connectivity index (χ1) is 11.4. The van der Waals surface area contributed by atoms with E-state index in [1.54, 1.807) is 7.05 Å². The van der Waals surface area contributed by atoms with Crippen molar-refractivity contribution in [1.29, 1.82) is 5.26 Å². The van der Waals surface area contributed by atoms with Crippen molar-refractivity contribution in [2.24, 2.45) is 0 Å². The fourth-order valence-corrected chi connectivity index (χ4v) is 3.04. The van der Waals surface area contributed by atoms with E-state index in [4.69, 9.17) is 16.3 Å². The van der Waals surface area contributed by atoms with Crippen LogP contribution >= 0.6 is 11.6 Å². The molecule has 7 heteroatoms. The van der Waals surface area contributed by atoms with Crippen LogP contribution in [0.5, 0.6) is 5.75 Å². The molecule has 0 bridgehead atoms. The molecule has 1 N–H and O–H groups in total. The average Bonchev–Trinajstić information content (AvgIpc) is 2.61. The van der Waals surface area contributed by atoms with Crippen LogP contribution in [-0.2, 0) is 9.53 Å². The predicted molar refractivity (Wildman–Crippen MR) is 87.6 cm³/mol. The van der Waals surface area contributed by atoms with Gasteiger partial charge in [0.15, 0.2) is 6.61 Å². The molecular weight excluding hydrogens is 332 g/mol. The number of ether oxygens (including phenoxy) is 1. The van der Waals surface area contributed by atoms with Crippen molar-refractivity contribution in [3.8, 4) is 11.8 Å². The van der Waals surface area contributed by atoms with Gasteiger partial charge < -0.3 is 14.7 Å². The van der Waals surface area contributed by atoms with E-state index < -0.39 is 24.0 Å². The van der Waals surface area contributed by atoms with E-state index in [-0.39, 0.29) is 16.3 Å². The summed E-state index contributed by atoms with van der Waals surface area (Å²) in [4.78, 5) is 25.7. The van der Waals surface area contributed by atoms with E-state index in [9.17, 15) is 20.0 Å². The maximum absolute atomic E-state index is 12.3. The van der Waals surface area contributed by atoms with Gasteiger partial charge in [0, 0.05) is 12.1 Å². The Morgan fingerprint density at radius 2 is 2.04 bits per heavy atom. The number of likely N-dealkylation sites (N-methyl/N-ethyl adjacent to an activating group) is 1. The molecule has 0 spiro atoms. The molecule has 1 aromatic rings. The molecule has 0 saturated heterocycles. The fraction of sp³-hybridized carbons (Fsp3) is 0.471. The Kier molecular flexibility index (Phi) is 5.68. The van der Waals surface area contributed by atoms with Gasteiger partial charge in [-0.15, -0.1) is 0 Å². The number of carbonyl (C=O) groups is 2. The van der Waals surface area contributed by atoms with E-state index in [0.29, 0.717) is 12.8 Å². The zero-order chi connectivity index (χ0) is 17.7. The summed E-state index contributed by atoms with van der Waals surface area (Å²) >= 11 is 5.78. The van der Waals surface area contributed by atoms with Gasteiger partial charge in [-0.1, -0.05) is 30.9 Å². The van der Waals surface area contributed by atoms with Gasteiger partial charge in [0.1, 0.15) is 16.9 Å². The van der Waals surface area contributed by atoms with E-state index >= 15 is 0 Å². The lowest BCUT2D eigenvalue weighted by atomic mass is 9.81. The number of hydrogen-bond donors (Lipinski definition) is 1. The Balaban J connectivity index is 2.00. The molecule has 1 aliphatic carbocycles. The summed E-state index contributed by atoms with van der Waals surface area (Å²) in [5.41, 5.74) is -0.939. The Morgan fingerprint density at radius 3 is 2.67 bits per heavy atom. The van der Waals surface area contributed by atoms with Crippen molar-refractivity contribution < 1.29 is 19.4 Å². The summed E-state index contributed by atoms with van der Waals surface area (Å²) in [7, 11) is 1.56. The van der Waals surface area contributed by atoms with Gasteiger partial charge in [-0.25, -0.2) is 4.79 Å². The minimum absolute atomic E-state index is 0.106. The maximum atomic E-state index is 12.3. The summed E-state index contributed by atoms with van der Waals surface area (Å²) in [5.74, 6) is -1.56. The molecule has 1 aromatic carbocycles. The lowest BCUT2D eigenvalue weighted by molar-refractivity contribution is -0.138. The number of aromatic hydroxyl groups is 1. The summed E-state index contributed by atoms with van der Waals surface area (Å²) in [6, 6.07) is 6.22. The highest BCUT2D eigenvalue weighted by molar-refractivity contribution is 6.31. The van der Waals surface area contributed by atoms with Crippen LogP contribution in [0.4, 0.5) is 0 Å². The molecule has 0 unspecified atom stereocenters. The van der Waals surface area contributed by atoms with E-state index in [1.807, 2.05) is 0 Å². The van der Waals surface area contributed by atoms with Gasteiger partial charge in [-0.05, 0) is 31.0 Å². The quantitative estimate of drug-likeness (QED) is 0.843. The fourth-order valence-electron chi connectivity index (χ4n) is 2.87. The highest BCUT2D eigenvalue weighted by Crippen LogP contribution is 2.32. The van der Waals surface area contributed by atoms with Crippen LogP contribution < -0.4 is 0 Å². The van der Waals surface area contributed by atoms with Crippen LogP contribution in [-0.4, -0.2) is 41.1 Å². The summed E-state index contributed by atoms with van der Waals surface area (Å²) < 4.78 is 4.97. The molecule has 1 aliphatic rings. The molecule has 0 heterocycles. The molecule has 0 aromatic heterocycles. The zero-order valence-corrected chi connectivity index (χ0v) is 14.2. The van der Waals surface area contributed by atoms with Crippen LogP contribution in [0.3, 0.4) is 0 Å². The van der Waals surface area contributed by atoms with Crippen molar-refractivity contribution in [2.45, 2.75) is 37.6 Å². The molecule has 1 saturated carbocycles. The molecule has 2 rings (SSSR count). The molecule has 128 valence electrons. The van der Waals surface area contributed by atoms with Gasteiger partial charge in [-0.3, -0.25) is 4.79 Å². The third kappa shape index (κ3) is 3.80. The van der Waals surface area contributed by atoms with Crippen LogP contribution in [0.2, 0.25) is 5.02 Å². The first kappa shape index (κ1) is 18.1. The number of nitrogens with zero attached hydrogens (tertiary/aromatic N) is 2. The normalized spacial score (nSPS) is 16.0. The number of amides is 1. The smallest absolute Gasteiger partial charge is 0.342 e. The molecule has 0 atom stereocenters. The van der Waals surface area contributed by atoms with E-state index in [1.165, 1.54) is 23.1 Å². The highest BCUT2D eigenvalue weighted by atomic mass is 35.5. The van der Waals surface area contributed by atoms with Gasteiger partial charge in [-0.2, -0.15) is 5.26 Å². The van der Waals surface area contributed by atoms with E-state index in [0.717, 1.165) is 19.3 Å². The third-order valence-corrected chi connectivity index (χ3v) is 4.65. The van der Waals surface area contributed by atoms with Crippen LogP contribution in [0.1, 0.15) is 42.5 Å². The second-order valence-electron chi connectivity index (χ2n) is 5.89. The lowest BCUT2D eigenvalue weighted by Gasteiger charge is -2.38. The second-order valence-corrected chi connectivity index (χ2v) is 6.33. The zero-order valence-electron chi connectivity index (χ0n) is 13.4. The van der Waals surface area contributed by atoms with Crippen LogP contribution in [0, 0.1) is 11.3 Å². The number of nitriles is 1. The number of hydrogen-bond acceptors (Lipinski definition) is 5. The Labute approximate surface area is 145 Å². The van der Waals surface area contributed by atoms with Gasteiger partial charge in [0.05, 0.1) is 6.07 Å². The number of halogens is 1. The van der Waals surface area contributed by atoms with Crippen molar-refractivity contribution in [3.63, 3.8) is 0 Å². The first-order valence-corrected chi connectivity index (χ1v) is 8.11. The SMILES string of the molecule is CN(C(=O)COC(=O)c1cc(Cl)ccc1O)C1(C#N)CCCCC1. The van der Waals surface area contributed by atoms with Crippen molar-refractivity contribution in [2.75, 3.05) is 13.7 Å². The van der Waals surface area contributed by atoms with Crippen LogP contribution in [0.25, 0.3) is 0 Å². The molecular formula is C17H19ClN2O4. The standard InChI is InChI=1S/C17H19ClN2O4/c1-20(17(11-19)7-3-2-4-8-17)15(22)10-24-16(23)13-9-12(18)5-6-14(13)21/h5-6,9,21H,2-4,7-8,10H2,1H3. The Bertz CT molecular complexity index is 678. The molecule has 24 heavy (non-hydrogen) atoms. The number of rotatable bonds is 4. The molecule has 1 fully saturated rings. The third-order valence-electron chi connectivity index (χ3n) is 4.41. The molecule has 0 aliphatic heterocycles. The lowest BCUT2D eigenvalue weighted by Crippen LogP contribution is -2.51. The minimum atomic E-state index is -0.841. The predicted octanol–water partition coefficient (Wildman–Crippen LogP) is 2.89. The molecule has 0 radical (unpaired) electrons. The molecule has 6 nitrogen and oxygen atoms in total. The van der Waals surface area contributed by atoms with Crippen molar-refractivity contribution >= 4 is 23.5 Å². The largest absolute Gasteiger partial charge is 0.507 e.